The molecule has 10 nitrogen and oxygen atoms in total. The zero-order valence-corrected chi connectivity index (χ0v) is 40.0. The minimum atomic E-state index is -4.64. The summed E-state index contributed by atoms with van der Waals surface area (Å²) < 4.78 is 32.7. The van der Waals surface area contributed by atoms with Crippen molar-refractivity contribution in [1.29, 1.82) is 0 Å². The molecule has 358 valence electrons. The third kappa shape index (κ3) is 46.0. The van der Waals surface area contributed by atoms with E-state index in [2.05, 4.69) is 44.2 Å². The molecule has 0 fully saturated rings. The Bertz CT molecular complexity index is 1110. The predicted octanol–water partition coefficient (Wildman–Crippen LogP) is 13.9. The Hall–Kier alpha value is -1.81. The Morgan fingerprint density at radius 3 is 1.30 bits per heavy atom. The molecule has 11 heteroatoms. The minimum Gasteiger partial charge on any atom is -0.462 e. The summed E-state index contributed by atoms with van der Waals surface area (Å²) in [4.78, 5) is 35.0. The predicted molar refractivity (Wildman–Crippen MR) is 251 cm³/mol. The van der Waals surface area contributed by atoms with Crippen molar-refractivity contribution in [3.63, 3.8) is 0 Å². The number of phosphoric acid groups is 1. The van der Waals surface area contributed by atoms with Crippen molar-refractivity contribution >= 4 is 19.8 Å². The van der Waals surface area contributed by atoms with Crippen molar-refractivity contribution in [2.45, 2.75) is 244 Å². The summed E-state index contributed by atoms with van der Waals surface area (Å²) in [7, 11) is -4.64. The fourth-order valence-corrected chi connectivity index (χ4v) is 7.70. The van der Waals surface area contributed by atoms with E-state index in [0.717, 1.165) is 32.1 Å². The minimum absolute atomic E-state index is 0.119. The Balaban J connectivity index is 4.26. The highest BCUT2D eigenvalue weighted by molar-refractivity contribution is 7.47. The van der Waals surface area contributed by atoms with Crippen molar-refractivity contribution < 1.29 is 47.8 Å². The van der Waals surface area contributed by atoms with Crippen molar-refractivity contribution in [2.24, 2.45) is 0 Å². The van der Waals surface area contributed by atoms with E-state index < -0.39 is 51.8 Å². The molecule has 0 aromatic rings. The van der Waals surface area contributed by atoms with Gasteiger partial charge in [0, 0.05) is 12.8 Å². The molecular weight excluding hydrogens is 792 g/mol. The van der Waals surface area contributed by atoms with Gasteiger partial charge in [-0.15, -0.1) is 0 Å². The maximum atomic E-state index is 12.6. The van der Waals surface area contributed by atoms with E-state index in [4.69, 9.17) is 23.6 Å². The van der Waals surface area contributed by atoms with E-state index in [1.165, 1.54) is 154 Å². The molecule has 3 atom stereocenters. The van der Waals surface area contributed by atoms with E-state index >= 15 is 0 Å². The fourth-order valence-electron chi connectivity index (χ4n) is 6.91. The van der Waals surface area contributed by atoms with Gasteiger partial charge in [-0.05, 0) is 57.8 Å². The first kappa shape index (κ1) is 59.2. The zero-order chi connectivity index (χ0) is 44.8. The zero-order valence-electron chi connectivity index (χ0n) is 39.1. The fraction of sp³-hybridized carbons (Fsp3) is 0.840. The number of aliphatic hydroxyl groups is 2. The van der Waals surface area contributed by atoms with Crippen molar-refractivity contribution in [3.05, 3.63) is 36.5 Å². The first-order valence-corrected chi connectivity index (χ1v) is 26.4. The molecule has 0 spiro atoms. The lowest BCUT2D eigenvalue weighted by molar-refractivity contribution is -0.161. The van der Waals surface area contributed by atoms with E-state index in [1.807, 2.05) is 6.08 Å². The van der Waals surface area contributed by atoms with E-state index in [-0.39, 0.29) is 19.4 Å². The highest BCUT2D eigenvalue weighted by Crippen LogP contribution is 2.43. The SMILES string of the molecule is CCCCCCCCCCCCC/C=C/CCC(=O)OC[C@H](COP(=O)(O)OC[C@@H](O)CO)OC(=O)CCC/C=C/CC/C=C/CCCCCCCCCCCCCCCC. The molecule has 0 saturated carbocycles. The van der Waals surface area contributed by atoms with Crippen LogP contribution < -0.4 is 0 Å². The van der Waals surface area contributed by atoms with Crippen molar-refractivity contribution in [2.75, 3.05) is 26.4 Å². The standard InChI is InChI=1S/C50H93O10P/c1-3-5-7-9-11-13-15-17-19-20-21-22-23-24-25-26-28-30-32-34-36-38-40-42-50(54)60-48(46-59-61(55,56)58-44-47(52)43-51)45-57-49(53)41-39-37-35-33-31-29-27-18-16-14-12-10-8-6-4-2/h26,28,34-37,47-48,51-52H,3-25,27,29-33,38-46H2,1-2H3,(H,55,56)/b28-26+,36-34+,37-35+/t47-,48+/m0/s1. The average molecular weight is 885 g/mol. The molecule has 0 aliphatic carbocycles. The van der Waals surface area contributed by atoms with Crippen LogP contribution in [-0.4, -0.2) is 65.7 Å². The second kappa shape index (κ2) is 46.2. The number of phosphoric ester groups is 1. The number of carbonyl (C=O) groups excluding carboxylic acids is 2. The molecule has 0 aliphatic heterocycles. The molecule has 0 bridgehead atoms. The van der Waals surface area contributed by atoms with Crippen molar-refractivity contribution in [1.82, 2.24) is 0 Å². The molecule has 61 heavy (non-hydrogen) atoms. The van der Waals surface area contributed by atoms with Gasteiger partial charge in [0.05, 0.1) is 19.8 Å². The Kier molecular flexibility index (Phi) is 44.8. The Morgan fingerprint density at radius 2 is 0.852 bits per heavy atom. The van der Waals surface area contributed by atoms with E-state index in [1.54, 1.807) is 0 Å². The number of unbranched alkanes of at least 4 members (excludes halogenated alkanes) is 27. The van der Waals surface area contributed by atoms with Crippen LogP contribution in [-0.2, 0) is 32.7 Å². The van der Waals surface area contributed by atoms with Crippen LogP contribution in [0.15, 0.2) is 36.5 Å². The number of carbonyl (C=O) groups is 2. The summed E-state index contributed by atoms with van der Waals surface area (Å²) >= 11 is 0. The summed E-state index contributed by atoms with van der Waals surface area (Å²) in [5, 5.41) is 18.4. The number of allylic oxidation sites excluding steroid dienone is 6. The Labute approximate surface area is 373 Å². The van der Waals surface area contributed by atoms with Crippen LogP contribution in [0.3, 0.4) is 0 Å². The molecule has 0 saturated heterocycles. The molecule has 0 radical (unpaired) electrons. The summed E-state index contributed by atoms with van der Waals surface area (Å²) in [5.41, 5.74) is 0. The van der Waals surface area contributed by atoms with Crippen LogP contribution in [0.5, 0.6) is 0 Å². The van der Waals surface area contributed by atoms with Gasteiger partial charge < -0.3 is 24.6 Å². The molecule has 0 aromatic heterocycles. The van der Waals surface area contributed by atoms with E-state index in [9.17, 15) is 24.2 Å². The quantitative estimate of drug-likeness (QED) is 0.0233. The number of ether oxygens (including phenoxy) is 2. The van der Waals surface area contributed by atoms with Gasteiger partial charge in [-0.3, -0.25) is 18.6 Å². The lowest BCUT2D eigenvalue weighted by Crippen LogP contribution is -2.29. The average Bonchev–Trinajstić information content (AvgIpc) is 3.25. The van der Waals surface area contributed by atoms with E-state index in [0.29, 0.717) is 19.3 Å². The largest absolute Gasteiger partial charge is 0.472 e. The lowest BCUT2D eigenvalue weighted by Gasteiger charge is -2.20. The number of rotatable bonds is 47. The van der Waals surface area contributed by atoms with Gasteiger partial charge in [-0.1, -0.05) is 198 Å². The van der Waals surface area contributed by atoms with Crippen LogP contribution in [0.4, 0.5) is 0 Å². The third-order valence-corrected chi connectivity index (χ3v) is 11.7. The molecule has 3 N–H and O–H groups in total. The molecular formula is C50H93O10P. The summed E-state index contributed by atoms with van der Waals surface area (Å²) in [6, 6.07) is 0. The number of aliphatic hydroxyl groups excluding tert-OH is 2. The van der Waals surface area contributed by atoms with Crippen LogP contribution in [0.1, 0.15) is 232 Å². The summed E-state index contributed by atoms with van der Waals surface area (Å²) in [5.74, 6) is -1.02. The van der Waals surface area contributed by atoms with Crippen LogP contribution in [0.25, 0.3) is 0 Å². The summed E-state index contributed by atoms with van der Waals surface area (Å²) in [6.45, 7) is 2.33. The molecule has 0 aliphatic rings. The van der Waals surface area contributed by atoms with Gasteiger partial charge in [0.25, 0.3) is 0 Å². The summed E-state index contributed by atoms with van der Waals surface area (Å²) in [6.07, 6.45) is 50.0. The van der Waals surface area contributed by atoms with Crippen LogP contribution in [0, 0.1) is 0 Å². The normalized spacial score (nSPS) is 14.0. The van der Waals surface area contributed by atoms with Gasteiger partial charge in [0.1, 0.15) is 12.7 Å². The lowest BCUT2D eigenvalue weighted by atomic mass is 10.0. The van der Waals surface area contributed by atoms with Gasteiger partial charge in [-0.25, -0.2) is 4.57 Å². The molecule has 1 unspecified atom stereocenters. The van der Waals surface area contributed by atoms with Crippen molar-refractivity contribution in [3.8, 4) is 0 Å². The number of hydrogen-bond donors (Lipinski definition) is 3. The smallest absolute Gasteiger partial charge is 0.462 e. The highest BCUT2D eigenvalue weighted by Gasteiger charge is 2.27. The second-order valence-electron chi connectivity index (χ2n) is 16.8. The number of hydrogen-bond acceptors (Lipinski definition) is 9. The topological polar surface area (TPSA) is 149 Å². The van der Waals surface area contributed by atoms with Gasteiger partial charge in [0.15, 0.2) is 6.10 Å². The monoisotopic (exact) mass is 885 g/mol. The highest BCUT2D eigenvalue weighted by atomic mass is 31.2. The first-order chi connectivity index (χ1) is 29.7. The maximum Gasteiger partial charge on any atom is 0.472 e. The van der Waals surface area contributed by atoms with Crippen LogP contribution >= 0.6 is 7.82 Å². The van der Waals surface area contributed by atoms with Crippen LogP contribution in [0.2, 0.25) is 0 Å². The Morgan fingerprint density at radius 1 is 0.475 bits per heavy atom. The second-order valence-corrected chi connectivity index (χ2v) is 18.3. The molecule has 0 rings (SSSR count). The molecule has 0 amide bonds. The molecule has 0 aromatic carbocycles. The van der Waals surface area contributed by atoms with Gasteiger partial charge >= 0.3 is 19.8 Å². The third-order valence-electron chi connectivity index (χ3n) is 10.8. The maximum absolute atomic E-state index is 12.6. The first-order valence-electron chi connectivity index (χ1n) is 24.9. The van der Waals surface area contributed by atoms with Gasteiger partial charge in [0.2, 0.25) is 0 Å². The number of esters is 2. The molecule has 0 heterocycles. The van der Waals surface area contributed by atoms with Gasteiger partial charge in [-0.2, -0.15) is 0 Å².